The second-order valence-corrected chi connectivity index (χ2v) is 3.70. The fourth-order valence-corrected chi connectivity index (χ4v) is 1.09. The van der Waals surface area contributed by atoms with Crippen molar-refractivity contribution in [2.45, 2.75) is 26.3 Å². The van der Waals surface area contributed by atoms with Crippen molar-refractivity contribution in [1.82, 2.24) is 0 Å². The first-order valence-corrected chi connectivity index (χ1v) is 4.53. The van der Waals surface area contributed by atoms with Crippen LogP contribution in [0, 0.1) is 5.92 Å². The quantitative estimate of drug-likeness (QED) is 0.650. The molecule has 0 aromatic heterocycles. The van der Waals surface area contributed by atoms with Crippen molar-refractivity contribution in [2.75, 3.05) is 6.54 Å². The first kappa shape index (κ1) is 12.1. The Labute approximate surface area is 80.2 Å². The van der Waals surface area contributed by atoms with Crippen LogP contribution in [0.3, 0.4) is 0 Å². The Morgan fingerprint density at radius 3 is 2.64 bits per heavy atom. The summed E-state index contributed by atoms with van der Waals surface area (Å²) in [5.74, 6) is 1.28. The summed E-state index contributed by atoms with van der Waals surface area (Å²) in [5.41, 5.74) is 6.51. The van der Waals surface area contributed by atoms with E-state index in [1.807, 2.05) is 12.3 Å². The maximum absolute atomic E-state index is 5.55. The molecule has 0 radical (unpaired) electrons. The van der Waals surface area contributed by atoms with Gasteiger partial charge in [0.15, 0.2) is 0 Å². The van der Waals surface area contributed by atoms with Crippen molar-refractivity contribution >= 4 is 6.21 Å². The largest absolute Gasteiger partial charge is 0.326 e. The fraction of sp³-hybridized carbons (Fsp3) is 0.455. The molecule has 0 aromatic rings. The van der Waals surface area contributed by atoms with Crippen molar-refractivity contribution in [3.63, 3.8) is 0 Å². The number of nitrogens with two attached hydrogens (primary N) is 1. The second-order valence-electron chi connectivity index (χ2n) is 3.70. The molecule has 1 unspecified atom stereocenters. The fourth-order valence-electron chi connectivity index (χ4n) is 1.09. The van der Waals surface area contributed by atoms with Crippen LogP contribution < -0.4 is 5.73 Å². The molecule has 0 aromatic carbocycles. The van der Waals surface area contributed by atoms with Crippen LogP contribution in [0.4, 0.5) is 0 Å². The SMILES string of the molecule is C[C-](C)C1(C)C=CC(CN)=CC=N1.[Rf]. The zero-order valence-corrected chi connectivity index (χ0v) is 15.6. The van der Waals surface area contributed by atoms with Gasteiger partial charge >= 0.3 is 0 Å². The van der Waals surface area contributed by atoms with Gasteiger partial charge < -0.3 is 10.7 Å². The molecule has 74 valence electrons. The minimum Gasteiger partial charge on any atom is -0.326 e. The summed E-state index contributed by atoms with van der Waals surface area (Å²) in [5, 5.41) is 0. The Hall–Kier alpha value is -1.89. The molecule has 0 saturated carbocycles. The van der Waals surface area contributed by atoms with E-state index in [1.165, 1.54) is 5.92 Å². The Kier molecular flexibility index (Phi) is 3.78. The van der Waals surface area contributed by atoms with Gasteiger partial charge in [0.05, 0.1) is 0 Å². The van der Waals surface area contributed by atoms with Gasteiger partial charge in [0.25, 0.3) is 0 Å². The molecule has 1 aliphatic rings. The summed E-state index contributed by atoms with van der Waals surface area (Å²) < 4.78 is 0. The summed E-state index contributed by atoms with van der Waals surface area (Å²) in [7, 11) is 0. The van der Waals surface area contributed by atoms with Crippen LogP contribution in [0.1, 0.15) is 20.8 Å². The van der Waals surface area contributed by atoms with Crippen molar-refractivity contribution in [3.8, 4) is 0 Å². The van der Waals surface area contributed by atoms with Gasteiger partial charge in [-0.2, -0.15) is 13.8 Å². The van der Waals surface area contributed by atoms with Crippen LogP contribution in [-0.4, -0.2) is 18.3 Å². The van der Waals surface area contributed by atoms with Crippen molar-refractivity contribution in [2.24, 2.45) is 10.7 Å². The summed E-state index contributed by atoms with van der Waals surface area (Å²) in [4.78, 5) is 4.47. The average Bonchev–Trinajstić information content (AvgIpc) is 2.28. The molecule has 0 spiro atoms. The molecule has 0 amide bonds. The zero-order chi connectivity index (χ0) is 9.90. The van der Waals surface area contributed by atoms with Gasteiger partial charge in [-0.1, -0.05) is 19.1 Å². The van der Waals surface area contributed by atoms with E-state index < -0.39 is 0 Å². The number of rotatable bonds is 2. The Morgan fingerprint density at radius 1 is 1.50 bits per heavy atom. The summed E-state index contributed by atoms with van der Waals surface area (Å²) in [6.07, 6.45) is 7.96. The van der Waals surface area contributed by atoms with E-state index in [2.05, 4.69) is 37.9 Å². The third-order valence-electron chi connectivity index (χ3n) is 2.50. The average molecular weight is 444 g/mol. The molecular formula is C11H17N2Rf-. The zero-order valence-electron chi connectivity index (χ0n) is 9.25. The van der Waals surface area contributed by atoms with Gasteiger partial charge in [0.2, 0.25) is 0 Å². The van der Waals surface area contributed by atoms with E-state index in [0.29, 0.717) is 6.54 Å². The molecule has 2 N–H and O–H groups in total. The summed E-state index contributed by atoms with van der Waals surface area (Å²) >= 11 is 0. The van der Waals surface area contributed by atoms with E-state index >= 15 is 0 Å². The van der Waals surface area contributed by atoms with Crippen molar-refractivity contribution in [1.29, 1.82) is 0 Å². The molecule has 1 rings (SSSR count). The maximum Gasteiger partial charge on any atom is 0.0193 e. The molecule has 1 atom stereocenters. The predicted molar refractivity (Wildman–Crippen MR) is 57.8 cm³/mol. The monoisotopic (exact) mass is 444 g/mol. The van der Waals surface area contributed by atoms with E-state index in [1.54, 1.807) is 0 Å². The number of allylic oxidation sites excluding steroid dienone is 1. The minimum absolute atomic E-state index is 0. The number of hydrogen-bond donors (Lipinski definition) is 1. The molecule has 14 heavy (non-hydrogen) atoms. The van der Waals surface area contributed by atoms with Crippen molar-refractivity contribution < 1.29 is 0 Å². The smallest absolute Gasteiger partial charge is 0.0193 e. The van der Waals surface area contributed by atoms with E-state index in [9.17, 15) is 0 Å². The Morgan fingerprint density at radius 2 is 2.14 bits per heavy atom. The predicted octanol–water partition coefficient (Wildman–Crippen LogP) is 1.89. The molecule has 0 aliphatic carbocycles. The van der Waals surface area contributed by atoms with Gasteiger partial charge in [0.1, 0.15) is 0 Å². The minimum atomic E-state index is -0.159. The second kappa shape index (κ2) is 4.38. The van der Waals surface area contributed by atoms with Crippen LogP contribution in [0.15, 0.2) is 28.8 Å². The van der Waals surface area contributed by atoms with Crippen molar-refractivity contribution in [3.05, 3.63) is 29.7 Å². The molecule has 0 fully saturated rings. The molecule has 0 bridgehead atoms. The van der Waals surface area contributed by atoms with Crippen LogP contribution >= 0.6 is 0 Å². The van der Waals surface area contributed by atoms with Crippen LogP contribution in [0.2, 0.25) is 0 Å². The van der Waals surface area contributed by atoms with Gasteiger partial charge in [0, 0.05) is 12.8 Å². The van der Waals surface area contributed by atoms with E-state index in [4.69, 9.17) is 5.73 Å². The maximum atomic E-state index is 5.55. The molecule has 1 aliphatic heterocycles. The molecule has 1 heterocycles. The van der Waals surface area contributed by atoms with Gasteiger partial charge in [-0.15, -0.1) is 0 Å². The normalized spacial score (nSPS) is 25.6. The number of nitrogens with zero attached hydrogens (tertiary/aromatic N) is 1. The van der Waals surface area contributed by atoms with Crippen LogP contribution in [0.25, 0.3) is 0 Å². The van der Waals surface area contributed by atoms with Gasteiger partial charge in [-0.25, -0.2) is 0 Å². The Bertz CT molecular complexity index is 266. The van der Waals surface area contributed by atoms with Gasteiger partial charge in [-0.3, -0.25) is 5.92 Å². The molecule has 0 saturated heterocycles. The van der Waals surface area contributed by atoms with Crippen LogP contribution in [-0.2, 0) is 0 Å². The first-order valence-electron chi connectivity index (χ1n) is 4.53. The number of hydrogen-bond acceptors (Lipinski definition) is 2. The third-order valence-corrected chi connectivity index (χ3v) is 2.50. The molecule has 3 heteroatoms. The molecule has 2 nitrogen and oxygen atoms in total. The number of aliphatic imine (C=N–C) groups is 1. The summed E-state index contributed by atoms with van der Waals surface area (Å²) in [6, 6.07) is 0. The Balaban J connectivity index is 0.00000169. The standard InChI is InChI=1S/C11H17N2.Rf/c1-9(2)11(3)6-4-10(8-12)5-7-13-11;/h4-7H,8,12H2,1-3H3;/q-1;. The topological polar surface area (TPSA) is 38.4 Å². The van der Waals surface area contributed by atoms with Gasteiger partial charge in [-0.05, 0) is 17.2 Å². The third kappa shape index (κ3) is 2.30. The first-order chi connectivity index (χ1) is 6.08. The summed E-state index contributed by atoms with van der Waals surface area (Å²) in [6.45, 7) is 6.86. The van der Waals surface area contributed by atoms with Crippen LogP contribution in [0.5, 0.6) is 0 Å². The van der Waals surface area contributed by atoms with E-state index in [0.717, 1.165) is 5.57 Å². The van der Waals surface area contributed by atoms with E-state index in [-0.39, 0.29) is 5.54 Å². The molecular weight excluding hydrogens is 427 g/mol.